The standard InChI is InChI=1S/C14H29N5O.HI/c1-5-15-14(17-10-13(20)18(2)3)16-9-12-7-6-8-19(4)11-12;/h12H,5-11H2,1-4H3,(H2,15,16,17);1H. The highest BCUT2D eigenvalue weighted by atomic mass is 127. The number of hydrogen-bond donors (Lipinski definition) is 2. The van der Waals surface area contributed by atoms with E-state index < -0.39 is 0 Å². The van der Waals surface area contributed by atoms with E-state index in [2.05, 4.69) is 27.6 Å². The molecule has 1 rings (SSSR count). The van der Waals surface area contributed by atoms with Gasteiger partial charge in [0, 0.05) is 33.7 Å². The lowest BCUT2D eigenvalue weighted by Gasteiger charge is -2.30. The minimum Gasteiger partial charge on any atom is -0.357 e. The van der Waals surface area contributed by atoms with Crippen LogP contribution in [0.25, 0.3) is 0 Å². The van der Waals surface area contributed by atoms with E-state index in [0.717, 1.165) is 25.6 Å². The van der Waals surface area contributed by atoms with Crippen molar-refractivity contribution in [2.24, 2.45) is 10.9 Å². The van der Waals surface area contributed by atoms with Crippen LogP contribution >= 0.6 is 24.0 Å². The van der Waals surface area contributed by atoms with Crippen molar-refractivity contribution in [3.8, 4) is 0 Å². The van der Waals surface area contributed by atoms with Gasteiger partial charge in [0.2, 0.25) is 5.91 Å². The van der Waals surface area contributed by atoms with Gasteiger partial charge in [0.25, 0.3) is 0 Å². The summed E-state index contributed by atoms with van der Waals surface area (Å²) in [6, 6.07) is 0. The van der Waals surface area contributed by atoms with E-state index >= 15 is 0 Å². The van der Waals surface area contributed by atoms with Crippen LogP contribution in [-0.2, 0) is 4.79 Å². The summed E-state index contributed by atoms with van der Waals surface area (Å²) in [5, 5.41) is 6.53. The van der Waals surface area contributed by atoms with Gasteiger partial charge in [-0.15, -0.1) is 24.0 Å². The fourth-order valence-corrected chi connectivity index (χ4v) is 2.31. The number of aliphatic imine (C=N–C) groups is 1. The number of amides is 1. The van der Waals surface area contributed by atoms with Gasteiger partial charge in [-0.3, -0.25) is 4.79 Å². The summed E-state index contributed by atoms with van der Waals surface area (Å²) >= 11 is 0. The van der Waals surface area contributed by atoms with Crippen molar-refractivity contribution in [2.45, 2.75) is 19.8 Å². The molecule has 0 spiro atoms. The molecule has 6 nitrogen and oxygen atoms in total. The van der Waals surface area contributed by atoms with Crippen LogP contribution in [-0.4, -0.2) is 75.5 Å². The summed E-state index contributed by atoms with van der Waals surface area (Å²) in [6.45, 7) is 6.25. The molecule has 1 aliphatic rings. The number of carbonyl (C=O) groups is 1. The van der Waals surface area contributed by atoms with Gasteiger partial charge in [-0.05, 0) is 39.3 Å². The Labute approximate surface area is 145 Å². The number of halogens is 1. The van der Waals surface area contributed by atoms with Crippen LogP contribution in [0.2, 0.25) is 0 Å². The molecule has 1 heterocycles. The number of carbonyl (C=O) groups excluding carboxylic acids is 1. The van der Waals surface area contributed by atoms with Gasteiger partial charge in [-0.1, -0.05) is 0 Å². The number of guanidine groups is 1. The minimum absolute atomic E-state index is 0. The molecule has 0 radical (unpaired) electrons. The summed E-state index contributed by atoms with van der Waals surface area (Å²) in [5.41, 5.74) is 0. The predicted octanol–water partition coefficient (Wildman–Crippen LogP) is 0.590. The highest BCUT2D eigenvalue weighted by Gasteiger charge is 2.17. The predicted molar refractivity (Wildman–Crippen MR) is 98.3 cm³/mol. The summed E-state index contributed by atoms with van der Waals surface area (Å²) < 4.78 is 0. The van der Waals surface area contributed by atoms with Crippen LogP contribution in [0.1, 0.15) is 19.8 Å². The molecule has 1 amide bonds. The Kier molecular flexibility index (Phi) is 10.8. The highest BCUT2D eigenvalue weighted by molar-refractivity contribution is 14.0. The lowest BCUT2D eigenvalue weighted by Crippen LogP contribution is -2.44. The van der Waals surface area contributed by atoms with E-state index in [-0.39, 0.29) is 36.4 Å². The minimum atomic E-state index is 0. The molecular weight excluding hydrogens is 381 g/mol. The third-order valence-electron chi connectivity index (χ3n) is 3.50. The largest absolute Gasteiger partial charge is 0.357 e. The zero-order chi connectivity index (χ0) is 15.0. The number of likely N-dealkylation sites (N-methyl/N-ethyl adjacent to an activating group) is 1. The van der Waals surface area contributed by atoms with Crippen molar-refractivity contribution in [3.05, 3.63) is 0 Å². The molecule has 0 saturated carbocycles. The van der Waals surface area contributed by atoms with Crippen LogP contribution in [0.4, 0.5) is 0 Å². The molecular formula is C14H30IN5O. The maximum absolute atomic E-state index is 11.6. The summed E-state index contributed by atoms with van der Waals surface area (Å²) in [4.78, 5) is 19.8. The first-order valence-electron chi connectivity index (χ1n) is 7.43. The molecule has 2 N–H and O–H groups in total. The van der Waals surface area contributed by atoms with E-state index in [1.165, 1.54) is 19.4 Å². The van der Waals surface area contributed by atoms with Crippen LogP contribution < -0.4 is 10.6 Å². The highest BCUT2D eigenvalue weighted by Crippen LogP contribution is 2.13. The second-order valence-corrected chi connectivity index (χ2v) is 5.63. The fourth-order valence-electron chi connectivity index (χ4n) is 2.31. The maximum Gasteiger partial charge on any atom is 0.243 e. The molecule has 1 aliphatic heterocycles. The van der Waals surface area contributed by atoms with E-state index in [9.17, 15) is 4.79 Å². The number of nitrogens with zero attached hydrogens (tertiary/aromatic N) is 3. The van der Waals surface area contributed by atoms with Gasteiger partial charge in [0.05, 0.1) is 0 Å². The maximum atomic E-state index is 11.6. The number of likely N-dealkylation sites (tertiary alicyclic amines) is 1. The summed E-state index contributed by atoms with van der Waals surface area (Å²) in [6.07, 6.45) is 2.52. The van der Waals surface area contributed by atoms with Crippen molar-refractivity contribution in [1.82, 2.24) is 20.4 Å². The van der Waals surface area contributed by atoms with Gasteiger partial charge in [-0.25, -0.2) is 4.99 Å². The van der Waals surface area contributed by atoms with E-state index in [0.29, 0.717) is 5.92 Å². The monoisotopic (exact) mass is 411 g/mol. The normalized spacial score (nSPS) is 19.6. The molecule has 0 aromatic rings. The Hall–Kier alpha value is -0.570. The first-order chi connectivity index (χ1) is 9.52. The van der Waals surface area contributed by atoms with Crippen LogP contribution in [0, 0.1) is 5.92 Å². The molecule has 1 saturated heterocycles. The topological polar surface area (TPSA) is 60.0 Å². The van der Waals surface area contributed by atoms with Gasteiger partial charge < -0.3 is 20.4 Å². The average Bonchev–Trinajstić information content (AvgIpc) is 2.41. The summed E-state index contributed by atoms with van der Waals surface area (Å²) in [7, 11) is 5.66. The van der Waals surface area contributed by atoms with Gasteiger partial charge in [0.15, 0.2) is 5.96 Å². The Bertz CT molecular complexity index is 335. The molecule has 0 bridgehead atoms. The Morgan fingerprint density at radius 1 is 1.38 bits per heavy atom. The van der Waals surface area contributed by atoms with E-state index in [1.54, 1.807) is 19.0 Å². The zero-order valence-corrected chi connectivity index (χ0v) is 16.0. The average molecular weight is 411 g/mol. The third kappa shape index (κ3) is 8.45. The Balaban J connectivity index is 0.00000400. The van der Waals surface area contributed by atoms with Gasteiger partial charge in [0.1, 0.15) is 6.54 Å². The van der Waals surface area contributed by atoms with Crippen molar-refractivity contribution in [1.29, 1.82) is 0 Å². The number of piperidine rings is 1. The van der Waals surface area contributed by atoms with Crippen molar-refractivity contribution in [3.63, 3.8) is 0 Å². The Morgan fingerprint density at radius 3 is 2.67 bits per heavy atom. The zero-order valence-electron chi connectivity index (χ0n) is 13.7. The molecule has 124 valence electrons. The smallest absolute Gasteiger partial charge is 0.243 e. The number of rotatable bonds is 5. The first-order valence-corrected chi connectivity index (χ1v) is 7.43. The first kappa shape index (κ1) is 20.4. The number of nitrogens with one attached hydrogen (secondary N) is 2. The lowest BCUT2D eigenvalue weighted by atomic mass is 9.99. The van der Waals surface area contributed by atoms with E-state index in [1.807, 2.05) is 6.92 Å². The SMILES string of the molecule is CCNC(=NCC(=O)N(C)C)NCC1CCCN(C)C1.I. The van der Waals surface area contributed by atoms with Crippen LogP contribution in [0.5, 0.6) is 0 Å². The van der Waals surface area contributed by atoms with Crippen LogP contribution in [0.3, 0.4) is 0 Å². The van der Waals surface area contributed by atoms with Crippen molar-refractivity contribution in [2.75, 3.05) is 53.9 Å². The second-order valence-electron chi connectivity index (χ2n) is 5.63. The fraction of sp³-hybridized carbons (Fsp3) is 0.857. The van der Waals surface area contributed by atoms with Crippen molar-refractivity contribution < 1.29 is 4.79 Å². The summed E-state index contributed by atoms with van der Waals surface area (Å²) in [5.74, 6) is 1.40. The van der Waals surface area contributed by atoms with E-state index in [4.69, 9.17) is 0 Å². The quantitative estimate of drug-likeness (QED) is 0.395. The lowest BCUT2D eigenvalue weighted by molar-refractivity contribution is -0.127. The third-order valence-corrected chi connectivity index (χ3v) is 3.50. The second kappa shape index (κ2) is 11.1. The van der Waals surface area contributed by atoms with Gasteiger partial charge in [-0.2, -0.15) is 0 Å². The van der Waals surface area contributed by atoms with Crippen molar-refractivity contribution >= 4 is 35.8 Å². The molecule has 1 unspecified atom stereocenters. The molecule has 1 fully saturated rings. The number of hydrogen-bond acceptors (Lipinski definition) is 3. The molecule has 7 heteroatoms. The molecule has 1 atom stereocenters. The van der Waals surface area contributed by atoms with Crippen LogP contribution in [0.15, 0.2) is 4.99 Å². The molecule has 21 heavy (non-hydrogen) atoms. The molecule has 0 aliphatic carbocycles. The molecule has 0 aromatic carbocycles. The molecule has 0 aromatic heterocycles. The Morgan fingerprint density at radius 2 is 2.10 bits per heavy atom. The van der Waals surface area contributed by atoms with Gasteiger partial charge >= 0.3 is 0 Å².